The van der Waals surface area contributed by atoms with Crippen LogP contribution in [0.5, 0.6) is 0 Å². The van der Waals surface area contributed by atoms with E-state index < -0.39 is 0 Å². The van der Waals surface area contributed by atoms with Gasteiger partial charge in [-0.15, -0.1) is 0 Å². The van der Waals surface area contributed by atoms with Gasteiger partial charge in [-0.3, -0.25) is 4.79 Å². The monoisotopic (exact) mass is 253 g/mol. The second-order valence-corrected chi connectivity index (χ2v) is 6.49. The predicted molar refractivity (Wildman–Crippen MR) is 72.0 cm³/mol. The quantitative estimate of drug-likeness (QED) is 0.787. The minimum Gasteiger partial charge on any atom is -0.462 e. The van der Waals surface area contributed by atoms with Gasteiger partial charge in [0.25, 0.3) is 0 Å². The second kappa shape index (κ2) is 5.60. The van der Waals surface area contributed by atoms with E-state index in [2.05, 4.69) is 13.8 Å². The van der Waals surface area contributed by atoms with E-state index in [1.54, 1.807) is 0 Å². The molecular formula is C15H27NO2. The van der Waals surface area contributed by atoms with E-state index in [4.69, 9.17) is 10.5 Å². The molecule has 2 aliphatic rings. The highest BCUT2D eigenvalue weighted by molar-refractivity contribution is 5.77. The molecule has 2 aliphatic carbocycles. The maximum Gasteiger partial charge on any atom is 0.313 e. The van der Waals surface area contributed by atoms with Crippen LogP contribution in [0.2, 0.25) is 0 Å². The molecule has 3 heteroatoms. The van der Waals surface area contributed by atoms with Gasteiger partial charge in [0.05, 0.1) is 5.41 Å². The second-order valence-electron chi connectivity index (χ2n) is 6.49. The first-order valence-electron chi connectivity index (χ1n) is 7.48. The van der Waals surface area contributed by atoms with Crippen LogP contribution in [0.4, 0.5) is 0 Å². The van der Waals surface area contributed by atoms with Crippen molar-refractivity contribution >= 4 is 5.97 Å². The van der Waals surface area contributed by atoms with Gasteiger partial charge in [-0.25, -0.2) is 0 Å². The van der Waals surface area contributed by atoms with Crippen molar-refractivity contribution < 1.29 is 9.53 Å². The molecule has 0 saturated heterocycles. The van der Waals surface area contributed by atoms with Crippen LogP contribution in [0.15, 0.2) is 0 Å². The van der Waals surface area contributed by atoms with Gasteiger partial charge in [-0.2, -0.15) is 0 Å². The van der Waals surface area contributed by atoms with Crippen molar-refractivity contribution in [2.24, 2.45) is 23.0 Å². The van der Waals surface area contributed by atoms with Crippen LogP contribution in [-0.4, -0.2) is 18.6 Å². The van der Waals surface area contributed by atoms with Crippen LogP contribution in [0.25, 0.3) is 0 Å². The summed E-state index contributed by atoms with van der Waals surface area (Å²) in [4.78, 5) is 12.4. The number of nitrogens with two attached hydrogens (primary N) is 1. The van der Waals surface area contributed by atoms with E-state index in [0.29, 0.717) is 12.5 Å². The third-order valence-corrected chi connectivity index (χ3v) is 5.21. The molecule has 0 bridgehead atoms. The van der Waals surface area contributed by atoms with Crippen LogP contribution in [-0.2, 0) is 9.53 Å². The van der Waals surface area contributed by atoms with E-state index in [1.807, 2.05) is 0 Å². The Labute approximate surface area is 110 Å². The van der Waals surface area contributed by atoms with Crippen LogP contribution < -0.4 is 5.73 Å². The van der Waals surface area contributed by atoms with Crippen molar-refractivity contribution in [1.29, 1.82) is 0 Å². The molecular weight excluding hydrogens is 226 g/mol. The molecule has 0 radical (unpaired) electrons. The molecule has 0 amide bonds. The first kappa shape index (κ1) is 13.9. The summed E-state index contributed by atoms with van der Waals surface area (Å²) in [5, 5.41) is 0. The van der Waals surface area contributed by atoms with Gasteiger partial charge < -0.3 is 10.5 Å². The zero-order valence-electron chi connectivity index (χ0n) is 11.8. The minimum atomic E-state index is -0.355. The maximum absolute atomic E-state index is 12.4. The van der Waals surface area contributed by atoms with Gasteiger partial charge in [-0.1, -0.05) is 26.7 Å². The molecule has 2 fully saturated rings. The smallest absolute Gasteiger partial charge is 0.313 e. The van der Waals surface area contributed by atoms with E-state index in [9.17, 15) is 4.79 Å². The van der Waals surface area contributed by atoms with Gasteiger partial charge in [0.2, 0.25) is 0 Å². The molecule has 104 valence electrons. The summed E-state index contributed by atoms with van der Waals surface area (Å²) in [6.07, 6.45) is 7.42. The number of rotatable bonds is 3. The van der Waals surface area contributed by atoms with Crippen molar-refractivity contribution in [3.05, 3.63) is 0 Å². The zero-order valence-corrected chi connectivity index (χ0v) is 11.8. The Hall–Kier alpha value is -0.570. The SMILES string of the molecule is CC1CCC(OC(=O)C2(CN)CCCC2)CC1C. The van der Waals surface area contributed by atoms with E-state index in [1.165, 1.54) is 6.42 Å². The summed E-state index contributed by atoms with van der Waals surface area (Å²) in [6.45, 7) is 5.00. The number of esters is 1. The number of carbonyl (C=O) groups is 1. The summed E-state index contributed by atoms with van der Waals surface area (Å²) in [7, 11) is 0. The standard InChI is InChI=1S/C15H27NO2/c1-11-5-6-13(9-12(11)2)18-14(17)15(10-16)7-3-4-8-15/h11-13H,3-10,16H2,1-2H3. The first-order chi connectivity index (χ1) is 8.57. The van der Waals surface area contributed by atoms with Crippen molar-refractivity contribution in [2.45, 2.75) is 64.9 Å². The molecule has 2 N–H and O–H groups in total. The fourth-order valence-corrected chi connectivity index (χ4v) is 3.42. The minimum absolute atomic E-state index is 0.0192. The largest absolute Gasteiger partial charge is 0.462 e. The fourth-order valence-electron chi connectivity index (χ4n) is 3.42. The highest BCUT2D eigenvalue weighted by Gasteiger charge is 2.42. The Morgan fingerprint density at radius 1 is 1.22 bits per heavy atom. The first-order valence-corrected chi connectivity index (χ1v) is 7.48. The molecule has 0 aromatic heterocycles. The Bertz CT molecular complexity index is 297. The van der Waals surface area contributed by atoms with Crippen molar-refractivity contribution in [2.75, 3.05) is 6.54 Å². The Morgan fingerprint density at radius 3 is 2.44 bits per heavy atom. The van der Waals surface area contributed by atoms with Gasteiger partial charge in [0, 0.05) is 6.54 Å². The summed E-state index contributed by atoms with van der Waals surface area (Å²) in [6, 6.07) is 0. The van der Waals surface area contributed by atoms with Gasteiger partial charge in [-0.05, 0) is 43.9 Å². The fraction of sp³-hybridized carbons (Fsp3) is 0.933. The Morgan fingerprint density at radius 2 is 1.89 bits per heavy atom. The summed E-state index contributed by atoms with van der Waals surface area (Å²) >= 11 is 0. The lowest BCUT2D eigenvalue weighted by Gasteiger charge is -2.34. The van der Waals surface area contributed by atoms with Crippen LogP contribution in [0.1, 0.15) is 58.8 Å². The van der Waals surface area contributed by atoms with Crippen molar-refractivity contribution in [3.8, 4) is 0 Å². The van der Waals surface area contributed by atoms with Crippen LogP contribution >= 0.6 is 0 Å². The van der Waals surface area contributed by atoms with Crippen molar-refractivity contribution in [3.63, 3.8) is 0 Å². The van der Waals surface area contributed by atoms with Gasteiger partial charge in [0.1, 0.15) is 6.10 Å². The third kappa shape index (κ3) is 2.71. The molecule has 3 unspecified atom stereocenters. The normalized spacial score (nSPS) is 35.4. The summed E-state index contributed by atoms with van der Waals surface area (Å²) in [5.41, 5.74) is 5.47. The van der Waals surface area contributed by atoms with Gasteiger partial charge in [0.15, 0.2) is 0 Å². The van der Waals surface area contributed by atoms with Gasteiger partial charge >= 0.3 is 5.97 Å². The number of hydrogen-bond donors (Lipinski definition) is 1. The molecule has 18 heavy (non-hydrogen) atoms. The number of hydrogen-bond acceptors (Lipinski definition) is 3. The highest BCUT2D eigenvalue weighted by atomic mass is 16.5. The molecule has 0 aliphatic heterocycles. The molecule has 2 saturated carbocycles. The van der Waals surface area contributed by atoms with Crippen LogP contribution in [0.3, 0.4) is 0 Å². The lowest BCUT2D eigenvalue weighted by molar-refractivity contribution is -0.163. The van der Waals surface area contributed by atoms with Crippen molar-refractivity contribution in [1.82, 2.24) is 0 Å². The van der Waals surface area contributed by atoms with E-state index in [-0.39, 0.29) is 17.5 Å². The zero-order chi connectivity index (χ0) is 13.2. The summed E-state index contributed by atoms with van der Waals surface area (Å²) in [5.74, 6) is 1.40. The topological polar surface area (TPSA) is 52.3 Å². The number of carbonyl (C=O) groups excluding carboxylic acids is 1. The molecule has 2 rings (SSSR count). The molecule has 3 nitrogen and oxygen atoms in total. The molecule has 0 spiro atoms. The van der Waals surface area contributed by atoms with E-state index in [0.717, 1.165) is 44.4 Å². The van der Waals surface area contributed by atoms with Crippen LogP contribution in [0, 0.1) is 17.3 Å². The molecule has 3 atom stereocenters. The molecule has 0 aromatic carbocycles. The molecule has 0 heterocycles. The average Bonchev–Trinajstić information content (AvgIpc) is 2.84. The predicted octanol–water partition coefficient (Wildman–Crippen LogP) is 2.87. The third-order valence-electron chi connectivity index (χ3n) is 5.21. The average molecular weight is 253 g/mol. The number of ether oxygens (including phenoxy) is 1. The lowest BCUT2D eigenvalue weighted by Crippen LogP contribution is -2.40. The molecule has 0 aromatic rings. The Balaban J connectivity index is 1.91. The maximum atomic E-state index is 12.4. The highest BCUT2D eigenvalue weighted by Crippen LogP contribution is 2.40. The summed E-state index contributed by atoms with van der Waals surface area (Å²) < 4.78 is 5.77. The van der Waals surface area contributed by atoms with E-state index >= 15 is 0 Å². The lowest BCUT2D eigenvalue weighted by atomic mass is 9.80. The Kier molecular flexibility index (Phi) is 4.31.